The minimum atomic E-state index is 0.628. The third-order valence-corrected chi connectivity index (χ3v) is 1.84. The maximum Gasteiger partial charge on any atom is 0.0700 e. The molecule has 0 spiro atoms. The van der Waals surface area contributed by atoms with E-state index < -0.39 is 0 Å². The summed E-state index contributed by atoms with van der Waals surface area (Å²) in [6.45, 7) is 3.51. The molecule has 0 atom stereocenters. The van der Waals surface area contributed by atoms with Crippen molar-refractivity contribution in [3.63, 3.8) is 0 Å². The molecule has 0 aromatic heterocycles. The second-order valence-corrected chi connectivity index (χ2v) is 3.19. The van der Waals surface area contributed by atoms with Gasteiger partial charge in [0.1, 0.15) is 0 Å². The molecule has 0 saturated carbocycles. The third-order valence-electron chi connectivity index (χ3n) is 1.84. The van der Waals surface area contributed by atoms with Crippen LogP contribution in [0.2, 0.25) is 0 Å². The van der Waals surface area contributed by atoms with Crippen LogP contribution < -0.4 is 0 Å². The van der Waals surface area contributed by atoms with Gasteiger partial charge in [0.15, 0.2) is 0 Å². The lowest BCUT2D eigenvalue weighted by Crippen LogP contribution is -2.06. The summed E-state index contributed by atoms with van der Waals surface area (Å²) in [6.07, 6.45) is 3.45. The maximum absolute atomic E-state index is 8.29. The molecule has 0 bridgehead atoms. The van der Waals surface area contributed by atoms with Crippen molar-refractivity contribution in [1.82, 2.24) is 0 Å². The first-order chi connectivity index (χ1) is 7.41. The van der Waals surface area contributed by atoms with Gasteiger partial charge in [-0.3, -0.25) is 0 Å². The van der Waals surface area contributed by atoms with Gasteiger partial charge in [-0.2, -0.15) is 5.26 Å². The Balaban J connectivity index is 2.84. The Morgan fingerprint density at radius 3 is 2.20 bits per heavy atom. The molecule has 4 heteroatoms. The summed E-state index contributed by atoms with van der Waals surface area (Å²) in [5, 5.41) is 8.29. The first kappa shape index (κ1) is 14.4. The number of unbranched alkanes of at least 4 members (excludes halogenated alkanes) is 2. The van der Waals surface area contributed by atoms with Crippen LogP contribution in [0.3, 0.4) is 0 Å². The van der Waals surface area contributed by atoms with Crippen LogP contribution in [-0.4, -0.2) is 40.1 Å². The molecule has 4 nitrogen and oxygen atoms in total. The minimum Gasteiger partial charge on any atom is -0.382 e. The van der Waals surface area contributed by atoms with Crippen LogP contribution in [0.1, 0.15) is 25.7 Å². The fraction of sp³-hybridized carbons (Fsp3) is 0.909. The summed E-state index contributed by atoms with van der Waals surface area (Å²) >= 11 is 0. The highest BCUT2D eigenvalue weighted by atomic mass is 16.5. The Morgan fingerprint density at radius 2 is 1.53 bits per heavy atom. The van der Waals surface area contributed by atoms with Crippen molar-refractivity contribution in [2.24, 2.45) is 0 Å². The van der Waals surface area contributed by atoms with Gasteiger partial charge in [-0.1, -0.05) is 0 Å². The van der Waals surface area contributed by atoms with Crippen LogP contribution >= 0.6 is 0 Å². The molecule has 0 N–H and O–H groups in total. The molecule has 0 amide bonds. The molecule has 0 rings (SSSR count). The fourth-order valence-electron chi connectivity index (χ4n) is 1.02. The molecule has 0 aliphatic carbocycles. The van der Waals surface area contributed by atoms with Gasteiger partial charge in [0.2, 0.25) is 0 Å². The van der Waals surface area contributed by atoms with Crippen LogP contribution in [0.4, 0.5) is 0 Å². The average molecular weight is 215 g/mol. The summed E-state index contributed by atoms with van der Waals surface area (Å²) < 4.78 is 15.5. The topological polar surface area (TPSA) is 51.5 Å². The van der Waals surface area contributed by atoms with Gasteiger partial charge in [-0.05, 0) is 19.3 Å². The van der Waals surface area contributed by atoms with Crippen molar-refractivity contribution in [2.75, 3.05) is 40.1 Å². The lowest BCUT2D eigenvalue weighted by Gasteiger charge is -2.04. The summed E-state index contributed by atoms with van der Waals surface area (Å²) in [7, 11) is 1.66. The molecule has 0 heterocycles. The second-order valence-electron chi connectivity index (χ2n) is 3.19. The summed E-state index contributed by atoms with van der Waals surface area (Å²) in [5.41, 5.74) is 0. The molecule has 0 fully saturated rings. The van der Waals surface area contributed by atoms with Crippen molar-refractivity contribution in [3.8, 4) is 6.07 Å². The molecule has 0 radical (unpaired) electrons. The first-order valence-corrected chi connectivity index (χ1v) is 5.43. The summed E-state index contributed by atoms with van der Waals surface area (Å²) in [6, 6.07) is 2.11. The van der Waals surface area contributed by atoms with E-state index in [0.29, 0.717) is 19.6 Å². The smallest absolute Gasteiger partial charge is 0.0700 e. The average Bonchev–Trinajstić information content (AvgIpc) is 2.26. The molecule has 0 aliphatic rings. The molecule has 0 aliphatic heterocycles. The van der Waals surface area contributed by atoms with E-state index in [1.54, 1.807) is 7.11 Å². The molecule has 88 valence electrons. The molecule has 0 aromatic rings. The van der Waals surface area contributed by atoms with Crippen molar-refractivity contribution in [2.45, 2.75) is 25.7 Å². The Bertz CT molecular complexity index is 156. The number of ether oxygens (including phenoxy) is 3. The largest absolute Gasteiger partial charge is 0.382 e. The SMILES string of the molecule is COCCOCCCOCCCCC#N. The van der Waals surface area contributed by atoms with E-state index in [0.717, 1.165) is 39.1 Å². The standard InChI is InChI=1S/C11H21NO3/c1-13-10-11-15-9-5-8-14-7-4-2-3-6-12/h2-5,7-11H2,1H3. The van der Waals surface area contributed by atoms with Gasteiger partial charge in [-0.15, -0.1) is 0 Å². The van der Waals surface area contributed by atoms with Gasteiger partial charge in [0.05, 0.1) is 19.3 Å². The van der Waals surface area contributed by atoms with E-state index in [-0.39, 0.29) is 0 Å². The van der Waals surface area contributed by atoms with E-state index in [1.807, 2.05) is 0 Å². The highest BCUT2D eigenvalue weighted by Gasteiger charge is 1.91. The van der Waals surface area contributed by atoms with Crippen LogP contribution in [0, 0.1) is 11.3 Å². The lowest BCUT2D eigenvalue weighted by atomic mass is 10.3. The predicted molar refractivity (Wildman–Crippen MR) is 57.6 cm³/mol. The number of methoxy groups -OCH3 is 1. The Hall–Kier alpha value is -0.630. The zero-order chi connectivity index (χ0) is 11.2. The summed E-state index contributed by atoms with van der Waals surface area (Å²) in [5.74, 6) is 0. The van der Waals surface area contributed by atoms with Gasteiger partial charge in [0.25, 0.3) is 0 Å². The Morgan fingerprint density at radius 1 is 0.867 bits per heavy atom. The number of nitriles is 1. The van der Waals surface area contributed by atoms with Crippen molar-refractivity contribution in [3.05, 3.63) is 0 Å². The lowest BCUT2D eigenvalue weighted by molar-refractivity contribution is 0.0509. The van der Waals surface area contributed by atoms with Gasteiger partial charge < -0.3 is 14.2 Å². The normalized spacial score (nSPS) is 10.1. The predicted octanol–water partition coefficient (Wildman–Crippen LogP) is 1.75. The van der Waals surface area contributed by atoms with Gasteiger partial charge in [-0.25, -0.2) is 0 Å². The highest BCUT2D eigenvalue weighted by Crippen LogP contribution is 1.95. The van der Waals surface area contributed by atoms with Crippen LogP contribution in [0.15, 0.2) is 0 Å². The molecular weight excluding hydrogens is 194 g/mol. The Labute approximate surface area is 92.1 Å². The fourth-order valence-corrected chi connectivity index (χ4v) is 1.02. The highest BCUT2D eigenvalue weighted by molar-refractivity contribution is 4.67. The van der Waals surface area contributed by atoms with Crippen molar-refractivity contribution < 1.29 is 14.2 Å². The maximum atomic E-state index is 8.29. The zero-order valence-corrected chi connectivity index (χ0v) is 9.54. The first-order valence-electron chi connectivity index (χ1n) is 5.43. The van der Waals surface area contributed by atoms with E-state index in [4.69, 9.17) is 19.5 Å². The van der Waals surface area contributed by atoms with Crippen molar-refractivity contribution in [1.29, 1.82) is 5.26 Å². The zero-order valence-electron chi connectivity index (χ0n) is 9.54. The van der Waals surface area contributed by atoms with E-state index in [1.165, 1.54) is 0 Å². The quantitative estimate of drug-likeness (QED) is 0.493. The number of rotatable bonds is 11. The molecule has 0 saturated heterocycles. The van der Waals surface area contributed by atoms with Crippen LogP contribution in [0.25, 0.3) is 0 Å². The van der Waals surface area contributed by atoms with Crippen LogP contribution in [0.5, 0.6) is 0 Å². The molecule has 15 heavy (non-hydrogen) atoms. The monoisotopic (exact) mass is 215 g/mol. The van der Waals surface area contributed by atoms with Gasteiger partial charge in [0, 0.05) is 33.4 Å². The number of hydrogen-bond donors (Lipinski definition) is 0. The van der Waals surface area contributed by atoms with Crippen molar-refractivity contribution >= 4 is 0 Å². The van der Waals surface area contributed by atoms with Crippen LogP contribution in [-0.2, 0) is 14.2 Å². The molecular formula is C11H21NO3. The van der Waals surface area contributed by atoms with Gasteiger partial charge >= 0.3 is 0 Å². The van der Waals surface area contributed by atoms with E-state index in [2.05, 4.69) is 6.07 Å². The molecule has 0 unspecified atom stereocenters. The second kappa shape index (κ2) is 13.4. The number of hydrogen-bond acceptors (Lipinski definition) is 4. The van der Waals surface area contributed by atoms with E-state index in [9.17, 15) is 0 Å². The third kappa shape index (κ3) is 13.4. The summed E-state index contributed by atoms with van der Waals surface area (Å²) in [4.78, 5) is 0. The molecule has 0 aromatic carbocycles. The minimum absolute atomic E-state index is 0.628. The van der Waals surface area contributed by atoms with E-state index >= 15 is 0 Å². The number of nitrogens with zero attached hydrogens (tertiary/aromatic N) is 1. The Kier molecular flexibility index (Phi) is 12.8.